The van der Waals surface area contributed by atoms with E-state index >= 15 is 0 Å². The van der Waals surface area contributed by atoms with Gasteiger partial charge < -0.3 is 14.8 Å². The van der Waals surface area contributed by atoms with Crippen LogP contribution < -0.4 is 14.8 Å². The van der Waals surface area contributed by atoms with E-state index < -0.39 is 0 Å². The maximum Gasteiger partial charge on any atom is 0.252 e. The van der Waals surface area contributed by atoms with Crippen molar-refractivity contribution in [3.8, 4) is 11.5 Å². The van der Waals surface area contributed by atoms with Crippen molar-refractivity contribution in [3.63, 3.8) is 0 Å². The smallest absolute Gasteiger partial charge is 0.252 e. The zero-order valence-electron chi connectivity index (χ0n) is 17.1. The van der Waals surface area contributed by atoms with Gasteiger partial charge in [-0.15, -0.1) is 0 Å². The summed E-state index contributed by atoms with van der Waals surface area (Å²) in [5, 5.41) is 3.23. The minimum absolute atomic E-state index is 0.0606. The first-order valence-corrected chi connectivity index (χ1v) is 9.49. The number of ether oxygens (including phenoxy) is 2. The summed E-state index contributed by atoms with van der Waals surface area (Å²) in [6, 6.07) is 11.8. The molecule has 0 saturated carbocycles. The normalized spacial score (nSPS) is 17.8. The van der Waals surface area contributed by atoms with E-state index in [0.717, 1.165) is 34.6 Å². The Kier molecular flexibility index (Phi) is 5.18. The lowest BCUT2D eigenvalue weighted by atomic mass is 9.89. The molecule has 0 radical (unpaired) electrons. The maximum atomic E-state index is 13.1. The molecular formula is C23H29NO3. The lowest BCUT2D eigenvalue weighted by Gasteiger charge is -2.38. The third kappa shape index (κ3) is 3.95. The molecule has 2 aromatic rings. The first-order chi connectivity index (χ1) is 12.7. The van der Waals surface area contributed by atoms with E-state index in [9.17, 15) is 4.79 Å². The minimum atomic E-state index is -0.329. The number of methoxy groups -OCH3 is 1. The number of carbonyl (C=O) groups is 1. The minimum Gasteiger partial charge on any atom is -0.496 e. The number of benzene rings is 2. The zero-order valence-corrected chi connectivity index (χ0v) is 17.1. The summed E-state index contributed by atoms with van der Waals surface area (Å²) in [5.74, 6) is 1.88. The van der Waals surface area contributed by atoms with Crippen LogP contribution in [-0.4, -0.2) is 18.6 Å². The highest BCUT2D eigenvalue weighted by molar-refractivity contribution is 5.96. The molecule has 0 aromatic heterocycles. The molecular weight excluding hydrogens is 338 g/mol. The van der Waals surface area contributed by atoms with Crippen LogP contribution in [0, 0.1) is 6.92 Å². The van der Waals surface area contributed by atoms with Crippen molar-refractivity contribution in [1.29, 1.82) is 0 Å². The molecule has 144 valence electrons. The number of rotatable bonds is 4. The molecule has 0 unspecified atom stereocenters. The first kappa shape index (κ1) is 19.3. The van der Waals surface area contributed by atoms with E-state index in [1.807, 2.05) is 43.3 Å². The first-order valence-electron chi connectivity index (χ1n) is 9.49. The Morgan fingerprint density at radius 3 is 2.63 bits per heavy atom. The van der Waals surface area contributed by atoms with Crippen LogP contribution in [0.25, 0.3) is 0 Å². The van der Waals surface area contributed by atoms with Gasteiger partial charge in [-0.2, -0.15) is 0 Å². The molecule has 3 rings (SSSR count). The largest absolute Gasteiger partial charge is 0.496 e. The summed E-state index contributed by atoms with van der Waals surface area (Å²) in [4.78, 5) is 13.1. The highest BCUT2D eigenvalue weighted by Crippen LogP contribution is 2.39. The van der Waals surface area contributed by atoms with Crippen molar-refractivity contribution < 1.29 is 14.3 Å². The summed E-state index contributed by atoms with van der Waals surface area (Å²) < 4.78 is 11.6. The van der Waals surface area contributed by atoms with E-state index in [1.165, 1.54) is 0 Å². The van der Waals surface area contributed by atoms with Gasteiger partial charge in [0.25, 0.3) is 5.91 Å². The van der Waals surface area contributed by atoms with E-state index in [0.29, 0.717) is 5.56 Å². The molecule has 0 aliphatic carbocycles. The Labute approximate surface area is 161 Å². The third-order valence-electron chi connectivity index (χ3n) is 5.13. The summed E-state index contributed by atoms with van der Waals surface area (Å²) in [6.07, 6.45) is 0.724. The molecule has 1 amide bonds. The topological polar surface area (TPSA) is 47.6 Å². The number of fused-ring (bicyclic) bond motifs is 1. The van der Waals surface area contributed by atoms with Gasteiger partial charge in [-0.25, -0.2) is 0 Å². The molecule has 0 fully saturated rings. The van der Waals surface area contributed by atoms with Crippen molar-refractivity contribution in [2.45, 2.75) is 58.6 Å². The van der Waals surface area contributed by atoms with Crippen LogP contribution in [0.1, 0.15) is 73.1 Å². The molecule has 0 spiro atoms. The van der Waals surface area contributed by atoms with Gasteiger partial charge >= 0.3 is 0 Å². The Bertz CT molecular complexity index is 855. The molecule has 1 N–H and O–H groups in total. The van der Waals surface area contributed by atoms with Crippen molar-refractivity contribution in [2.24, 2.45) is 0 Å². The van der Waals surface area contributed by atoms with Gasteiger partial charge in [0.05, 0.1) is 13.2 Å². The van der Waals surface area contributed by atoms with Crippen LogP contribution in [0.15, 0.2) is 36.4 Å². The Hall–Kier alpha value is -2.49. The highest BCUT2D eigenvalue weighted by Gasteiger charge is 2.34. The van der Waals surface area contributed by atoms with Gasteiger partial charge in [0.2, 0.25) is 0 Å². The fourth-order valence-electron chi connectivity index (χ4n) is 3.74. The quantitative estimate of drug-likeness (QED) is 0.812. The molecule has 1 atom stereocenters. The number of carbonyl (C=O) groups excluding carboxylic acids is 1. The second-order valence-corrected chi connectivity index (χ2v) is 8.19. The van der Waals surface area contributed by atoms with Gasteiger partial charge in [-0.3, -0.25) is 4.79 Å². The predicted octanol–water partition coefficient (Wildman–Crippen LogP) is 5.16. The van der Waals surface area contributed by atoms with Crippen LogP contribution in [0.5, 0.6) is 11.5 Å². The van der Waals surface area contributed by atoms with E-state index in [-0.39, 0.29) is 23.5 Å². The van der Waals surface area contributed by atoms with E-state index in [2.05, 4.69) is 33.0 Å². The molecule has 2 aromatic carbocycles. The zero-order chi connectivity index (χ0) is 19.8. The fourth-order valence-corrected chi connectivity index (χ4v) is 3.74. The standard InChI is InChI=1S/C23H29NO3/c1-14(2)17-12-18(15(3)11-21(17)26-6)22(25)24-19-13-23(4,5)27-20-10-8-7-9-16(19)20/h7-12,14,19H,13H2,1-6H3,(H,24,25)/t19-/m0/s1. The lowest BCUT2D eigenvalue weighted by molar-refractivity contribution is 0.0619. The molecule has 0 saturated heterocycles. The van der Waals surface area contributed by atoms with Gasteiger partial charge in [0.15, 0.2) is 0 Å². The number of para-hydroxylation sites is 1. The van der Waals surface area contributed by atoms with Crippen LogP contribution in [0.2, 0.25) is 0 Å². The summed E-state index contributed by atoms with van der Waals surface area (Å²) >= 11 is 0. The molecule has 1 aliphatic heterocycles. The summed E-state index contributed by atoms with van der Waals surface area (Å²) in [6.45, 7) is 10.3. The van der Waals surface area contributed by atoms with Crippen molar-refractivity contribution in [2.75, 3.05) is 7.11 Å². The van der Waals surface area contributed by atoms with Crippen LogP contribution in [0.3, 0.4) is 0 Å². The number of nitrogens with one attached hydrogen (secondary N) is 1. The van der Waals surface area contributed by atoms with Gasteiger partial charge in [-0.05, 0) is 56.0 Å². The monoisotopic (exact) mass is 367 g/mol. The highest BCUT2D eigenvalue weighted by atomic mass is 16.5. The second kappa shape index (κ2) is 7.26. The molecule has 4 heteroatoms. The van der Waals surface area contributed by atoms with Gasteiger partial charge in [0.1, 0.15) is 17.1 Å². The summed E-state index contributed by atoms with van der Waals surface area (Å²) in [7, 11) is 1.67. The van der Waals surface area contributed by atoms with Gasteiger partial charge in [0, 0.05) is 17.5 Å². The van der Waals surface area contributed by atoms with Crippen LogP contribution in [0.4, 0.5) is 0 Å². The number of amides is 1. The van der Waals surface area contributed by atoms with Crippen molar-refractivity contribution in [1.82, 2.24) is 5.32 Å². The molecule has 1 heterocycles. The van der Waals surface area contributed by atoms with Crippen molar-refractivity contribution >= 4 is 5.91 Å². The number of hydrogen-bond acceptors (Lipinski definition) is 3. The number of aryl methyl sites for hydroxylation is 1. The average molecular weight is 367 g/mol. The van der Waals surface area contributed by atoms with E-state index in [4.69, 9.17) is 9.47 Å². The SMILES string of the molecule is COc1cc(C)c(C(=O)N[C@H]2CC(C)(C)Oc3ccccc32)cc1C(C)C. The average Bonchev–Trinajstić information content (AvgIpc) is 2.59. The van der Waals surface area contributed by atoms with Gasteiger partial charge in [-0.1, -0.05) is 32.0 Å². The molecule has 27 heavy (non-hydrogen) atoms. The summed E-state index contributed by atoms with van der Waals surface area (Å²) in [5.41, 5.74) is 3.35. The Morgan fingerprint density at radius 1 is 1.26 bits per heavy atom. The molecule has 0 bridgehead atoms. The predicted molar refractivity (Wildman–Crippen MR) is 108 cm³/mol. The van der Waals surface area contributed by atoms with Crippen LogP contribution in [-0.2, 0) is 0 Å². The molecule has 1 aliphatic rings. The molecule has 4 nitrogen and oxygen atoms in total. The fraction of sp³-hybridized carbons (Fsp3) is 0.435. The lowest BCUT2D eigenvalue weighted by Crippen LogP contribution is -2.41. The van der Waals surface area contributed by atoms with Crippen molar-refractivity contribution in [3.05, 3.63) is 58.7 Å². The maximum absolute atomic E-state index is 13.1. The number of hydrogen-bond donors (Lipinski definition) is 1. The second-order valence-electron chi connectivity index (χ2n) is 8.19. The third-order valence-corrected chi connectivity index (χ3v) is 5.13. The van der Waals surface area contributed by atoms with E-state index in [1.54, 1.807) is 7.11 Å². The Balaban J connectivity index is 1.93. The Morgan fingerprint density at radius 2 is 1.96 bits per heavy atom. The van der Waals surface area contributed by atoms with Crippen LogP contribution >= 0.6 is 0 Å².